The van der Waals surface area contributed by atoms with Crippen molar-refractivity contribution in [1.29, 1.82) is 0 Å². The van der Waals surface area contributed by atoms with Crippen molar-refractivity contribution in [2.45, 2.75) is 13.3 Å². The zero-order chi connectivity index (χ0) is 14.7. The van der Waals surface area contributed by atoms with E-state index < -0.39 is 0 Å². The first-order valence-corrected chi connectivity index (χ1v) is 6.92. The largest absolute Gasteiger partial charge is 0.396 e. The molecule has 2 rings (SSSR count). The van der Waals surface area contributed by atoms with Gasteiger partial charge in [0, 0.05) is 11.3 Å². The molecule has 0 spiro atoms. The molecular weight excluding hydrogens is 295 g/mol. The minimum absolute atomic E-state index is 0.269. The Hall–Kier alpha value is -1.71. The van der Waals surface area contributed by atoms with E-state index in [4.69, 9.17) is 28.9 Å². The van der Waals surface area contributed by atoms with Crippen molar-refractivity contribution in [2.75, 3.05) is 11.1 Å². The standard InChI is InChI=1S/C15H14Cl2N2O/c1-2-9-5-3-4-6-13(9)19-15(20)10-7-11(16)14(18)12(17)8-10/h3-8H,2,18H2,1H3,(H,19,20). The molecule has 0 aliphatic rings. The number of nitrogens with two attached hydrogens (primary N) is 1. The SMILES string of the molecule is CCc1ccccc1NC(=O)c1cc(Cl)c(N)c(Cl)c1. The predicted molar refractivity (Wildman–Crippen MR) is 84.6 cm³/mol. The fourth-order valence-corrected chi connectivity index (χ4v) is 2.35. The van der Waals surface area contributed by atoms with Gasteiger partial charge in [0.05, 0.1) is 15.7 Å². The van der Waals surface area contributed by atoms with Crippen LogP contribution in [0.5, 0.6) is 0 Å². The number of aryl methyl sites for hydroxylation is 1. The molecule has 3 N–H and O–H groups in total. The van der Waals surface area contributed by atoms with Gasteiger partial charge in [-0.15, -0.1) is 0 Å². The molecule has 0 aliphatic heterocycles. The first kappa shape index (κ1) is 14.7. The van der Waals surface area contributed by atoms with Crippen LogP contribution in [0, 0.1) is 0 Å². The van der Waals surface area contributed by atoms with Crippen LogP contribution in [-0.4, -0.2) is 5.91 Å². The first-order valence-electron chi connectivity index (χ1n) is 6.16. The summed E-state index contributed by atoms with van der Waals surface area (Å²) in [7, 11) is 0. The second-order valence-electron chi connectivity index (χ2n) is 4.32. The Kier molecular flexibility index (Phi) is 4.53. The van der Waals surface area contributed by atoms with Crippen molar-refractivity contribution in [1.82, 2.24) is 0 Å². The molecule has 0 bridgehead atoms. The summed E-state index contributed by atoms with van der Waals surface area (Å²) in [4.78, 5) is 12.2. The molecule has 0 saturated heterocycles. The van der Waals surface area contributed by atoms with E-state index in [1.807, 2.05) is 31.2 Å². The Morgan fingerprint density at radius 2 is 1.80 bits per heavy atom. The summed E-state index contributed by atoms with van der Waals surface area (Å²) in [5, 5.41) is 3.39. The normalized spacial score (nSPS) is 10.3. The van der Waals surface area contributed by atoms with Gasteiger partial charge in [-0.25, -0.2) is 0 Å². The minimum Gasteiger partial charge on any atom is -0.396 e. The van der Waals surface area contributed by atoms with Crippen LogP contribution in [0.4, 0.5) is 11.4 Å². The van der Waals surface area contributed by atoms with Gasteiger partial charge in [0.25, 0.3) is 5.91 Å². The Balaban J connectivity index is 2.29. The Labute approximate surface area is 127 Å². The number of benzene rings is 2. The highest BCUT2D eigenvalue weighted by molar-refractivity contribution is 6.39. The van der Waals surface area contributed by atoms with Gasteiger partial charge in [-0.05, 0) is 30.2 Å². The fraction of sp³-hybridized carbons (Fsp3) is 0.133. The van der Waals surface area contributed by atoms with Crippen LogP contribution in [0.25, 0.3) is 0 Å². The van der Waals surface area contributed by atoms with E-state index in [-0.39, 0.29) is 21.6 Å². The maximum Gasteiger partial charge on any atom is 0.255 e. The number of carbonyl (C=O) groups excluding carboxylic acids is 1. The smallest absolute Gasteiger partial charge is 0.255 e. The lowest BCUT2D eigenvalue weighted by Gasteiger charge is -2.11. The van der Waals surface area contributed by atoms with Gasteiger partial charge in [0.15, 0.2) is 0 Å². The topological polar surface area (TPSA) is 55.1 Å². The van der Waals surface area contributed by atoms with E-state index in [1.54, 1.807) is 0 Å². The van der Waals surface area contributed by atoms with Gasteiger partial charge in [-0.3, -0.25) is 4.79 Å². The molecule has 5 heteroatoms. The van der Waals surface area contributed by atoms with Gasteiger partial charge in [0.2, 0.25) is 0 Å². The lowest BCUT2D eigenvalue weighted by atomic mass is 10.1. The quantitative estimate of drug-likeness (QED) is 0.826. The minimum atomic E-state index is -0.269. The molecule has 0 radical (unpaired) electrons. The number of carbonyl (C=O) groups is 1. The van der Waals surface area contributed by atoms with Gasteiger partial charge >= 0.3 is 0 Å². The summed E-state index contributed by atoms with van der Waals surface area (Å²) in [6.45, 7) is 2.03. The molecule has 104 valence electrons. The zero-order valence-corrected chi connectivity index (χ0v) is 12.4. The molecular formula is C15H14Cl2N2O. The van der Waals surface area contributed by atoms with E-state index >= 15 is 0 Å². The summed E-state index contributed by atoms with van der Waals surface area (Å²) in [6, 6.07) is 10.7. The molecule has 2 aromatic rings. The van der Waals surface area contributed by atoms with Crippen LogP contribution in [0.2, 0.25) is 10.0 Å². The Bertz CT molecular complexity index is 633. The van der Waals surface area contributed by atoms with Gasteiger partial charge in [-0.1, -0.05) is 48.3 Å². The summed E-state index contributed by atoms with van der Waals surface area (Å²) in [5.41, 5.74) is 8.15. The third kappa shape index (κ3) is 3.06. The van der Waals surface area contributed by atoms with Crippen LogP contribution < -0.4 is 11.1 Å². The molecule has 0 atom stereocenters. The molecule has 0 aliphatic carbocycles. The number of halogens is 2. The third-order valence-corrected chi connectivity index (χ3v) is 3.61. The average Bonchev–Trinajstić information content (AvgIpc) is 2.44. The van der Waals surface area contributed by atoms with Crippen LogP contribution >= 0.6 is 23.2 Å². The molecule has 3 nitrogen and oxygen atoms in total. The highest BCUT2D eigenvalue weighted by atomic mass is 35.5. The van der Waals surface area contributed by atoms with E-state index in [1.165, 1.54) is 12.1 Å². The number of amides is 1. The summed E-state index contributed by atoms with van der Waals surface area (Å²) in [5.74, 6) is -0.269. The van der Waals surface area contributed by atoms with Crippen molar-refractivity contribution < 1.29 is 4.79 Å². The van der Waals surface area contributed by atoms with Crippen LogP contribution in [0.3, 0.4) is 0 Å². The van der Waals surface area contributed by atoms with Gasteiger partial charge in [0.1, 0.15) is 0 Å². The summed E-state index contributed by atoms with van der Waals surface area (Å²) >= 11 is 11.9. The highest BCUT2D eigenvalue weighted by Crippen LogP contribution is 2.29. The Morgan fingerprint density at radius 1 is 1.20 bits per heavy atom. The van der Waals surface area contributed by atoms with E-state index in [9.17, 15) is 4.79 Å². The van der Waals surface area contributed by atoms with E-state index in [2.05, 4.69) is 5.32 Å². The highest BCUT2D eigenvalue weighted by Gasteiger charge is 2.12. The molecule has 20 heavy (non-hydrogen) atoms. The number of rotatable bonds is 3. The average molecular weight is 309 g/mol. The molecule has 1 amide bonds. The summed E-state index contributed by atoms with van der Waals surface area (Å²) in [6.07, 6.45) is 0.833. The predicted octanol–water partition coefficient (Wildman–Crippen LogP) is 4.39. The van der Waals surface area contributed by atoms with Gasteiger partial charge < -0.3 is 11.1 Å². The first-order chi connectivity index (χ1) is 9.52. The number of nitrogens with one attached hydrogen (secondary N) is 1. The van der Waals surface area contributed by atoms with Gasteiger partial charge in [-0.2, -0.15) is 0 Å². The number of anilines is 2. The second kappa shape index (κ2) is 6.16. The van der Waals surface area contributed by atoms with Crippen molar-refractivity contribution in [3.05, 3.63) is 57.6 Å². The van der Waals surface area contributed by atoms with Crippen molar-refractivity contribution in [2.24, 2.45) is 0 Å². The van der Waals surface area contributed by atoms with Crippen LogP contribution in [0.1, 0.15) is 22.8 Å². The van der Waals surface area contributed by atoms with Crippen molar-refractivity contribution >= 4 is 40.5 Å². The lowest BCUT2D eigenvalue weighted by Crippen LogP contribution is -2.13. The molecule has 0 unspecified atom stereocenters. The van der Waals surface area contributed by atoms with Crippen molar-refractivity contribution in [3.63, 3.8) is 0 Å². The van der Waals surface area contributed by atoms with E-state index in [0.717, 1.165) is 17.7 Å². The fourth-order valence-electron chi connectivity index (χ4n) is 1.86. The molecule has 0 fully saturated rings. The third-order valence-electron chi connectivity index (χ3n) is 2.99. The number of nitrogen functional groups attached to an aromatic ring is 1. The lowest BCUT2D eigenvalue weighted by molar-refractivity contribution is 0.102. The maximum atomic E-state index is 12.2. The second-order valence-corrected chi connectivity index (χ2v) is 5.13. The summed E-state index contributed by atoms with van der Waals surface area (Å²) < 4.78 is 0. The van der Waals surface area contributed by atoms with Crippen molar-refractivity contribution in [3.8, 4) is 0 Å². The molecule has 2 aromatic carbocycles. The number of hydrogen-bond donors (Lipinski definition) is 2. The number of para-hydroxylation sites is 1. The molecule has 0 aromatic heterocycles. The monoisotopic (exact) mass is 308 g/mol. The zero-order valence-electron chi connectivity index (χ0n) is 10.9. The van der Waals surface area contributed by atoms with E-state index in [0.29, 0.717) is 5.56 Å². The molecule has 0 saturated carbocycles. The maximum absolute atomic E-state index is 12.2. The number of hydrogen-bond acceptors (Lipinski definition) is 2. The van der Waals surface area contributed by atoms with Crippen LogP contribution in [0.15, 0.2) is 36.4 Å². The van der Waals surface area contributed by atoms with Crippen LogP contribution in [-0.2, 0) is 6.42 Å². The molecule has 0 heterocycles. The Morgan fingerprint density at radius 3 is 2.40 bits per heavy atom.